The van der Waals surface area contributed by atoms with Crippen molar-refractivity contribution in [3.8, 4) is 0 Å². The van der Waals surface area contributed by atoms with E-state index in [0.717, 1.165) is 62.1 Å². The zero-order valence-electron chi connectivity index (χ0n) is 14.5. The van der Waals surface area contributed by atoms with Gasteiger partial charge in [0.1, 0.15) is 0 Å². The quantitative estimate of drug-likeness (QED) is 0.739. The van der Waals surface area contributed by atoms with E-state index in [9.17, 15) is 5.11 Å². The first-order chi connectivity index (χ1) is 11.1. The molecule has 3 heteroatoms. The predicted octanol–water partition coefficient (Wildman–Crippen LogP) is 3.74. The van der Waals surface area contributed by atoms with E-state index < -0.39 is 0 Å². The summed E-state index contributed by atoms with van der Waals surface area (Å²) in [5.41, 5.74) is 0.242. The van der Waals surface area contributed by atoms with Gasteiger partial charge in [0.05, 0.1) is 19.3 Å². The lowest BCUT2D eigenvalue weighted by Crippen LogP contribution is -2.54. The maximum atomic E-state index is 10.0. The summed E-state index contributed by atoms with van der Waals surface area (Å²) in [6.45, 7) is 4.06. The molecule has 5 aliphatic rings. The van der Waals surface area contributed by atoms with Gasteiger partial charge in [0.2, 0.25) is 0 Å². The normalized spacial score (nSPS) is 54.5. The van der Waals surface area contributed by atoms with Gasteiger partial charge in [-0.2, -0.15) is 0 Å². The highest BCUT2D eigenvalue weighted by Gasteiger charge is 2.65. The average Bonchev–Trinajstić information content (AvgIpc) is 3.14. The van der Waals surface area contributed by atoms with E-state index in [1.54, 1.807) is 0 Å². The zero-order valence-corrected chi connectivity index (χ0v) is 14.5. The molecule has 7 atom stereocenters. The molecule has 1 N–H and O–H groups in total. The Morgan fingerprint density at radius 3 is 2.43 bits per heavy atom. The van der Waals surface area contributed by atoms with Crippen LogP contribution in [0.1, 0.15) is 64.7 Å². The Morgan fingerprint density at radius 2 is 1.61 bits per heavy atom. The highest BCUT2D eigenvalue weighted by molar-refractivity contribution is 5.10. The number of aliphatic hydroxyl groups excluding tert-OH is 1. The molecular formula is C20H32O3. The Bertz CT molecular complexity index is 472. The van der Waals surface area contributed by atoms with Crippen molar-refractivity contribution in [3.05, 3.63) is 0 Å². The number of ether oxygens (including phenoxy) is 2. The molecule has 1 aliphatic heterocycles. The van der Waals surface area contributed by atoms with Crippen molar-refractivity contribution in [1.82, 2.24) is 0 Å². The van der Waals surface area contributed by atoms with Crippen molar-refractivity contribution in [2.45, 2.75) is 76.6 Å². The van der Waals surface area contributed by atoms with E-state index in [4.69, 9.17) is 9.47 Å². The lowest BCUT2D eigenvalue weighted by molar-refractivity contribution is -0.243. The third kappa shape index (κ3) is 1.99. The maximum Gasteiger partial charge on any atom is 0.174 e. The van der Waals surface area contributed by atoms with Gasteiger partial charge >= 0.3 is 0 Å². The molecule has 0 bridgehead atoms. The summed E-state index contributed by atoms with van der Waals surface area (Å²) in [6.07, 6.45) is 11.2. The molecule has 0 aromatic carbocycles. The van der Waals surface area contributed by atoms with E-state index in [-0.39, 0.29) is 17.3 Å². The molecule has 4 aliphatic carbocycles. The van der Waals surface area contributed by atoms with Crippen molar-refractivity contribution < 1.29 is 14.6 Å². The molecule has 23 heavy (non-hydrogen) atoms. The lowest BCUT2D eigenvalue weighted by atomic mass is 9.50. The van der Waals surface area contributed by atoms with E-state index in [1.165, 1.54) is 38.5 Å². The first-order valence-corrected chi connectivity index (χ1v) is 10.1. The van der Waals surface area contributed by atoms with Crippen LogP contribution in [0.2, 0.25) is 0 Å². The van der Waals surface area contributed by atoms with Crippen molar-refractivity contribution >= 4 is 0 Å². The van der Waals surface area contributed by atoms with Crippen LogP contribution < -0.4 is 0 Å². The molecule has 4 saturated carbocycles. The van der Waals surface area contributed by atoms with Gasteiger partial charge in [-0.05, 0) is 81.0 Å². The van der Waals surface area contributed by atoms with Gasteiger partial charge in [-0.1, -0.05) is 6.92 Å². The average molecular weight is 320 g/mol. The Balaban J connectivity index is 1.41. The second-order valence-electron chi connectivity index (χ2n) is 9.35. The molecule has 1 heterocycles. The molecule has 0 radical (unpaired) electrons. The second-order valence-corrected chi connectivity index (χ2v) is 9.35. The van der Waals surface area contributed by atoms with Crippen LogP contribution in [-0.4, -0.2) is 30.2 Å². The van der Waals surface area contributed by atoms with Gasteiger partial charge in [0.15, 0.2) is 5.79 Å². The minimum Gasteiger partial charge on any atom is -0.393 e. The summed E-state index contributed by atoms with van der Waals surface area (Å²) in [5, 5.41) is 10.0. The van der Waals surface area contributed by atoms with Crippen molar-refractivity contribution in [2.24, 2.45) is 35.0 Å². The van der Waals surface area contributed by atoms with Gasteiger partial charge in [0.25, 0.3) is 0 Å². The van der Waals surface area contributed by atoms with Crippen molar-refractivity contribution in [1.29, 1.82) is 0 Å². The Hall–Kier alpha value is -0.120. The van der Waals surface area contributed by atoms with Crippen LogP contribution in [0.3, 0.4) is 0 Å². The van der Waals surface area contributed by atoms with Gasteiger partial charge in [-0.15, -0.1) is 0 Å². The number of fused-ring (bicyclic) bond motifs is 6. The van der Waals surface area contributed by atoms with E-state index in [2.05, 4.69) is 6.92 Å². The molecule has 1 spiro atoms. The third-order valence-electron chi connectivity index (χ3n) is 8.72. The molecule has 3 nitrogen and oxygen atoms in total. The molecule has 5 fully saturated rings. The van der Waals surface area contributed by atoms with Crippen LogP contribution in [0.25, 0.3) is 0 Å². The highest BCUT2D eigenvalue weighted by Crippen LogP contribution is 2.66. The fraction of sp³-hybridized carbons (Fsp3) is 1.00. The molecular weight excluding hydrogens is 288 g/mol. The SMILES string of the molecule is C[C@]12CC[C@H]3[C@@H](CC[C@H]4C[C@@H](O)CC[C@@H]43)[C@@H]1CCC21OCCO1. The third-order valence-corrected chi connectivity index (χ3v) is 8.72. The maximum absolute atomic E-state index is 10.0. The van der Waals surface area contributed by atoms with Crippen molar-refractivity contribution in [2.75, 3.05) is 13.2 Å². The van der Waals surface area contributed by atoms with Crippen LogP contribution in [0.4, 0.5) is 0 Å². The predicted molar refractivity (Wildman–Crippen MR) is 87.8 cm³/mol. The topological polar surface area (TPSA) is 38.7 Å². The fourth-order valence-corrected chi connectivity index (χ4v) is 7.71. The first kappa shape index (κ1) is 15.2. The minimum atomic E-state index is -0.248. The first-order valence-electron chi connectivity index (χ1n) is 10.1. The monoisotopic (exact) mass is 320 g/mol. The van der Waals surface area contributed by atoms with Crippen LogP contribution >= 0.6 is 0 Å². The fourth-order valence-electron chi connectivity index (χ4n) is 7.71. The van der Waals surface area contributed by atoms with E-state index in [1.807, 2.05) is 0 Å². The summed E-state index contributed by atoms with van der Waals surface area (Å²) in [6, 6.07) is 0. The second kappa shape index (κ2) is 5.19. The molecule has 0 amide bonds. The summed E-state index contributed by atoms with van der Waals surface area (Å²) < 4.78 is 12.4. The van der Waals surface area contributed by atoms with Crippen LogP contribution in [0, 0.1) is 35.0 Å². The standard InChI is InChI=1S/C20H32O3/c1-19-8-6-16-15-5-3-14(21)12-13(15)2-4-17(16)18(19)7-9-20(19)22-10-11-23-20/h13-18,21H,2-12H2,1H3/t13-,14-,15-,16+,17+,18-,19-/m0/s1. The minimum absolute atomic E-state index is 0.0169. The number of hydrogen-bond acceptors (Lipinski definition) is 3. The summed E-state index contributed by atoms with van der Waals surface area (Å²) >= 11 is 0. The van der Waals surface area contributed by atoms with Gasteiger partial charge in [0, 0.05) is 11.8 Å². The molecule has 1 saturated heterocycles. The number of rotatable bonds is 0. The summed E-state index contributed by atoms with van der Waals surface area (Å²) in [7, 11) is 0. The molecule has 130 valence electrons. The zero-order chi connectivity index (χ0) is 15.7. The number of hydrogen-bond donors (Lipinski definition) is 1. The number of aliphatic hydroxyl groups is 1. The summed E-state index contributed by atoms with van der Waals surface area (Å²) in [5.74, 6) is 4.05. The van der Waals surface area contributed by atoms with Crippen molar-refractivity contribution in [3.63, 3.8) is 0 Å². The molecule has 0 aromatic heterocycles. The highest BCUT2D eigenvalue weighted by atomic mass is 16.7. The summed E-state index contributed by atoms with van der Waals surface area (Å²) in [4.78, 5) is 0. The van der Waals surface area contributed by atoms with Gasteiger partial charge < -0.3 is 14.6 Å². The van der Waals surface area contributed by atoms with Crippen LogP contribution in [0.15, 0.2) is 0 Å². The Labute approximate surface area is 140 Å². The molecule has 0 aromatic rings. The van der Waals surface area contributed by atoms with E-state index in [0.29, 0.717) is 0 Å². The van der Waals surface area contributed by atoms with E-state index >= 15 is 0 Å². The smallest absolute Gasteiger partial charge is 0.174 e. The Morgan fingerprint density at radius 1 is 0.826 bits per heavy atom. The van der Waals surface area contributed by atoms with Crippen LogP contribution in [0.5, 0.6) is 0 Å². The molecule has 5 rings (SSSR count). The lowest BCUT2D eigenvalue weighted by Gasteiger charge is -2.57. The Kier molecular flexibility index (Phi) is 3.42. The largest absolute Gasteiger partial charge is 0.393 e. The van der Waals surface area contributed by atoms with Gasteiger partial charge in [-0.25, -0.2) is 0 Å². The van der Waals surface area contributed by atoms with Gasteiger partial charge in [-0.3, -0.25) is 0 Å². The molecule has 0 unspecified atom stereocenters. The van der Waals surface area contributed by atoms with Crippen LogP contribution in [-0.2, 0) is 9.47 Å².